The Labute approximate surface area is 132 Å². The molecule has 0 fully saturated rings. The summed E-state index contributed by atoms with van der Waals surface area (Å²) in [7, 11) is 0.716. The van der Waals surface area contributed by atoms with Gasteiger partial charge in [-0.2, -0.15) is 0 Å². The van der Waals surface area contributed by atoms with Crippen molar-refractivity contribution in [3.05, 3.63) is 84.9 Å². The third kappa shape index (κ3) is 3.29. The van der Waals surface area contributed by atoms with Crippen LogP contribution >= 0.6 is 8.15 Å². The maximum absolute atomic E-state index is 6.31. The second-order valence-electron chi connectivity index (χ2n) is 4.71. The molecule has 0 unspecified atom stereocenters. The molecule has 0 saturated carbocycles. The minimum absolute atomic E-state index is 0.855. The number of methoxy groups -OCH3 is 1. The van der Waals surface area contributed by atoms with E-state index in [9.17, 15) is 0 Å². The van der Waals surface area contributed by atoms with Gasteiger partial charge in [-0.3, -0.25) is 0 Å². The first kappa shape index (κ1) is 14.6. The molecule has 22 heavy (non-hydrogen) atoms. The molecule has 0 amide bonds. The van der Waals surface area contributed by atoms with Gasteiger partial charge in [0.15, 0.2) is 8.15 Å². The van der Waals surface area contributed by atoms with Crippen LogP contribution in [-0.4, -0.2) is 7.11 Å². The smallest absolute Gasteiger partial charge is 0.154 e. The Hall–Kier alpha value is -2.31. The zero-order chi connectivity index (χ0) is 15.2. The summed E-state index contributed by atoms with van der Waals surface area (Å²) < 4.78 is 11.8. The Kier molecular flexibility index (Phi) is 4.72. The molecule has 0 aromatic heterocycles. The average molecular weight is 308 g/mol. The van der Waals surface area contributed by atoms with E-state index >= 15 is 0 Å². The van der Waals surface area contributed by atoms with Gasteiger partial charge in [-0.15, -0.1) is 0 Å². The van der Waals surface area contributed by atoms with Crippen LogP contribution in [0, 0.1) is 0 Å². The molecule has 0 aliphatic carbocycles. The normalized spacial score (nSPS) is 11.7. The number of para-hydroxylation sites is 2. The molecule has 0 bridgehead atoms. The summed E-state index contributed by atoms with van der Waals surface area (Å²) in [4.78, 5) is 0. The zero-order valence-electron chi connectivity index (χ0n) is 12.3. The van der Waals surface area contributed by atoms with Gasteiger partial charge in [0.1, 0.15) is 11.5 Å². The minimum Gasteiger partial charge on any atom is -0.496 e. The maximum Gasteiger partial charge on any atom is 0.154 e. The van der Waals surface area contributed by atoms with Gasteiger partial charge < -0.3 is 9.26 Å². The van der Waals surface area contributed by atoms with Gasteiger partial charge in [-0.25, -0.2) is 0 Å². The van der Waals surface area contributed by atoms with Crippen LogP contribution in [0.15, 0.2) is 84.9 Å². The molecular formula is C19H17O2P. The van der Waals surface area contributed by atoms with Crippen molar-refractivity contribution in [2.24, 2.45) is 0 Å². The van der Waals surface area contributed by atoms with Gasteiger partial charge in [0.25, 0.3) is 0 Å². The van der Waals surface area contributed by atoms with E-state index in [0.29, 0.717) is 0 Å². The topological polar surface area (TPSA) is 18.5 Å². The fraction of sp³-hybridized carbons (Fsp3) is 0.0526. The van der Waals surface area contributed by atoms with E-state index in [4.69, 9.17) is 9.26 Å². The molecule has 3 aromatic carbocycles. The highest BCUT2D eigenvalue weighted by molar-refractivity contribution is 7.69. The molecule has 0 N–H and O–H groups in total. The minimum atomic E-state index is -0.979. The predicted molar refractivity (Wildman–Crippen MR) is 92.7 cm³/mol. The summed E-state index contributed by atoms with van der Waals surface area (Å²) in [6, 6.07) is 28.2. The van der Waals surface area contributed by atoms with E-state index < -0.39 is 8.15 Å². The number of hydrogen-bond acceptors (Lipinski definition) is 2. The molecule has 0 heterocycles. The van der Waals surface area contributed by atoms with Crippen molar-refractivity contribution < 1.29 is 9.26 Å². The van der Waals surface area contributed by atoms with E-state index in [0.717, 1.165) is 22.1 Å². The molecule has 3 aromatic rings. The molecule has 110 valence electrons. The summed E-state index contributed by atoms with van der Waals surface area (Å²) in [5.74, 6) is 1.72. The summed E-state index contributed by atoms with van der Waals surface area (Å²) >= 11 is 0. The Morgan fingerprint density at radius 2 is 1.27 bits per heavy atom. The molecule has 3 heteroatoms. The number of hydrogen-bond donors (Lipinski definition) is 0. The molecule has 0 spiro atoms. The molecule has 0 aliphatic rings. The Morgan fingerprint density at radius 1 is 0.682 bits per heavy atom. The van der Waals surface area contributed by atoms with Gasteiger partial charge in [0.2, 0.25) is 0 Å². The molecule has 1 atom stereocenters. The number of ether oxygens (including phenoxy) is 1. The number of rotatable bonds is 5. The van der Waals surface area contributed by atoms with E-state index in [2.05, 4.69) is 18.2 Å². The van der Waals surface area contributed by atoms with Crippen molar-refractivity contribution >= 4 is 18.8 Å². The third-order valence-corrected chi connectivity index (χ3v) is 5.20. The van der Waals surface area contributed by atoms with Crippen molar-refractivity contribution in [2.75, 3.05) is 7.11 Å². The molecule has 3 rings (SSSR count). The maximum atomic E-state index is 6.31. The quantitative estimate of drug-likeness (QED) is 0.660. The summed E-state index contributed by atoms with van der Waals surface area (Å²) in [6.07, 6.45) is 0. The van der Waals surface area contributed by atoms with Crippen molar-refractivity contribution in [1.82, 2.24) is 0 Å². The standard InChI is InChI=1S/C19H17O2P/c1-20-18-14-8-9-15-19(18)22(17-12-6-3-7-13-17)21-16-10-4-2-5-11-16/h2-15H,1H3/t22-/m1/s1. The molecule has 0 saturated heterocycles. The average Bonchev–Trinajstić information content (AvgIpc) is 2.61. The summed E-state index contributed by atoms with van der Waals surface area (Å²) in [5.41, 5.74) is 0. The van der Waals surface area contributed by atoms with Gasteiger partial charge in [0, 0.05) is 5.30 Å². The zero-order valence-corrected chi connectivity index (χ0v) is 13.2. The molecule has 2 nitrogen and oxygen atoms in total. The Morgan fingerprint density at radius 3 is 1.95 bits per heavy atom. The van der Waals surface area contributed by atoms with Gasteiger partial charge in [-0.1, -0.05) is 60.7 Å². The fourth-order valence-electron chi connectivity index (χ4n) is 2.19. The van der Waals surface area contributed by atoms with Crippen LogP contribution in [0.3, 0.4) is 0 Å². The van der Waals surface area contributed by atoms with Crippen molar-refractivity contribution in [3.8, 4) is 11.5 Å². The Balaban J connectivity index is 2.03. The summed E-state index contributed by atoms with van der Waals surface area (Å²) in [5, 5.41) is 2.24. The lowest BCUT2D eigenvalue weighted by Crippen LogP contribution is -2.17. The first-order valence-electron chi connectivity index (χ1n) is 7.10. The van der Waals surface area contributed by atoms with Gasteiger partial charge in [-0.05, 0) is 24.3 Å². The largest absolute Gasteiger partial charge is 0.496 e. The van der Waals surface area contributed by atoms with Crippen molar-refractivity contribution in [3.63, 3.8) is 0 Å². The lowest BCUT2D eigenvalue weighted by atomic mass is 10.3. The second-order valence-corrected chi connectivity index (χ2v) is 6.48. The first-order chi connectivity index (χ1) is 10.9. The monoisotopic (exact) mass is 308 g/mol. The highest BCUT2D eigenvalue weighted by Crippen LogP contribution is 2.39. The van der Waals surface area contributed by atoms with Crippen LogP contribution in [0.4, 0.5) is 0 Å². The van der Waals surface area contributed by atoms with E-state index in [1.54, 1.807) is 7.11 Å². The first-order valence-corrected chi connectivity index (χ1v) is 8.35. The Bertz CT molecular complexity index is 714. The van der Waals surface area contributed by atoms with Gasteiger partial charge >= 0.3 is 0 Å². The highest BCUT2D eigenvalue weighted by atomic mass is 31.1. The van der Waals surface area contributed by atoms with Gasteiger partial charge in [0.05, 0.1) is 12.4 Å². The lowest BCUT2D eigenvalue weighted by Gasteiger charge is -2.21. The van der Waals surface area contributed by atoms with Crippen LogP contribution in [-0.2, 0) is 0 Å². The van der Waals surface area contributed by atoms with Crippen LogP contribution in [0.1, 0.15) is 0 Å². The molecule has 0 aliphatic heterocycles. The molecular weight excluding hydrogens is 291 g/mol. The van der Waals surface area contributed by atoms with Crippen LogP contribution in [0.25, 0.3) is 0 Å². The fourth-order valence-corrected chi connectivity index (χ4v) is 4.03. The van der Waals surface area contributed by atoms with Crippen molar-refractivity contribution in [1.29, 1.82) is 0 Å². The molecule has 0 radical (unpaired) electrons. The van der Waals surface area contributed by atoms with E-state index in [1.165, 1.54) is 0 Å². The second kappa shape index (κ2) is 7.11. The third-order valence-electron chi connectivity index (χ3n) is 3.23. The van der Waals surface area contributed by atoms with E-state index in [-0.39, 0.29) is 0 Å². The van der Waals surface area contributed by atoms with Crippen LogP contribution in [0.2, 0.25) is 0 Å². The number of benzene rings is 3. The summed E-state index contributed by atoms with van der Waals surface area (Å²) in [6.45, 7) is 0. The van der Waals surface area contributed by atoms with E-state index in [1.807, 2.05) is 66.7 Å². The predicted octanol–water partition coefficient (Wildman–Crippen LogP) is 4.12. The van der Waals surface area contributed by atoms with Crippen molar-refractivity contribution in [2.45, 2.75) is 0 Å². The SMILES string of the molecule is COc1ccccc1[P@](Oc1ccccc1)c1ccccc1. The van der Waals surface area contributed by atoms with Crippen LogP contribution in [0.5, 0.6) is 11.5 Å². The van der Waals surface area contributed by atoms with Crippen LogP contribution < -0.4 is 19.9 Å². The highest BCUT2D eigenvalue weighted by Gasteiger charge is 2.20. The lowest BCUT2D eigenvalue weighted by molar-refractivity contribution is 0.418.